The van der Waals surface area contributed by atoms with Crippen LogP contribution in [-0.2, 0) is 0 Å². The number of rotatable bonds is 10. The van der Waals surface area contributed by atoms with Crippen LogP contribution < -0.4 is 0 Å². The molecule has 15 heavy (non-hydrogen) atoms. The molecule has 0 saturated carbocycles. The Morgan fingerprint density at radius 3 is 2.00 bits per heavy atom. The first-order valence-electron chi connectivity index (χ1n) is 6.57. The summed E-state index contributed by atoms with van der Waals surface area (Å²) in [6, 6.07) is 0. The van der Waals surface area contributed by atoms with Crippen LogP contribution in [0.15, 0.2) is 12.2 Å². The van der Waals surface area contributed by atoms with Crippen LogP contribution in [0, 0.1) is 0 Å². The van der Waals surface area contributed by atoms with Crippen LogP contribution in [0.1, 0.15) is 58.3 Å². The van der Waals surface area contributed by atoms with E-state index < -0.39 is 0 Å². The topological polar surface area (TPSA) is 3.24 Å². The fourth-order valence-corrected chi connectivity index (χ4v) is 1.60. The van der Waals surface area contributed by atoms with Crippen LogP contribution in [0.4, 0.5) is 0 Å². The van der Waals surface area contributed by atoms with Gasteiger partial charge in [-0.1, -0.05) is 44.8 Å². The minimum absolute atomic E-state index is 1.24. The molecule has 0 radical (unpaired) electrons. The van der Waals surface area contributed by atoms with Crippen LogP contribution >= 0.6 is 0 Å². The van der Waals surface area contributed by atoms with Crippen molar-refractivity contribution in [2.75, 3.05) is 20.6 Å². The lowest BCUT2D eigenvalue weighted by Gasteiger charge is -2.07. The number of unbranched alkanes of at least 4 members (excludes halogenated alkanes) is 6. The lowest BCUT2D eigenvalue weighted by atomic mass is 10.1. The van der Waals surface area contributed by atoms with Crippen LogP contribution in [-0.4, -0.2) is 25.5 Å². The Morgan fingerprint density at radius 1 is 0.800 bits per heavy atom. The van der Waals surface area contributed by atoms with Crippen molar-refractivity contribution in [2.45, 2.75) is 58.3 Å². The van der Waals surface area contributed by atoms with E-state index in [1.165, 1.54) is 57.9 Å². The van der Waals surface area contributed by atoms with Gasteiger partial charge in [-0.3, -0.25) is 0 Å². The predicted molar refractivity (Wildman–Crippen MR) is 70.3 cm³/mol. The molecule has 0 amide bonds. The maximum atomic E-state index is 2.36. The van der Waals surface area contributed by atoms with Gasteiger partial charge in [0.1, 0.15) is 0 Å². The molecule has 0 aromatic carbocycles. The van der Waals surface area contributed by atoms with Crippen molar-refractivity contribution >= 4 is 0 Å². The average Bonchev–Trinajstić information content (AvgIpc) is 2.20. The predicted octanol–water partition coefficient (Wildman–Crippen LogP) is 4.24. The largest absolute Gasteiger partial charge is 0.309 e. The van der Waals surface area contributed by atoms with E-state index in [2.05, 4.69) is 38.1 Å². The van der Waals surface area contributed by atoms with E-state index in [-0.39, 0.29) is 0 Å². The third kappa shape index (κ3) is 13.7. The minimum Gasteiger partial charge on any atom is -0.309 e. The van der Waals surface area contributed by atoms with Crippen molar-refractivity contribution in [3.05, 3.63) is 12.2 Å². The van der Waals surface area contributed by atoms with E-state index in [4.69, 9.17) is 0 Å². The number of hydrogen-bond donors (Lipinski definition) is 0. The van der Waals surface area contributed by atoms with Gasteiger partial charge in [0, 0.05) is 0 Å². The lowest BCUT2D eigenvalue weighted by Crippen LogP contribution is -2.12. The van der Waals surface area contributed by atoms with Crippen molar-refractivity contribution in [1.82, 2.24) is 4.90 Å². The molecular formula is C14H29N. The van der Waals surface area contributed by atoms with Gasteiger partial charge >= 0.3 is 0 Å². The first kappa shape index (κ1) is 14.7. The molecule has 0 aliphatic rings. The monoisotopic (exact) mass is 211 g/mol. The zero-order valence-corrected chi connectivity index (χ0v) is 11.0. The molecule has 0 bridgehead atoms. The summed E-state index contributed by atoms with van der Waals surface area (Å²) in [5, 5.41) is 0. The highest BCUT2D eigenvalue weighted by Gasteiger charge is 1.90. The summed E-state index contributed by atoms with van der Waals surface area (Å²) in [5.41, 5.74) is 0. The average molecular weight is 211 g/mol. The summed E-state index contributed by atoms with van der Waals surface area (Å²) in [4.78, 5) is 2.27. The van der Waals surface area contributed by atoms with Gasteiger partial charge < -0.3 is 4.90 Å². The molecule has 0 heterocycles. The molecule has 0 rings (SSSR count). The van der Waals surface area contributed by atoms with Crippen LogP contribution in [0.5, 0.6) is 0 Å². The van der Waals surface area contributed by atoms with Gasteiger partial charge in [0.25, 0.3) is 0 Å². The Bertz CT molecular complexity index is 138. The van der Waals surface area contributed by atoms with Gasteiger partial charge in [0.2, 0.25) is 0 Å². The second-order valence-electron chi connectivity index (χ2n) is 4.62. The Balaban J connectivity index is 3.01. The van der Waals surface area contributed by atoms with Crippen LogP contribution in [0.25, 0.3) is 0 Å². The number of nitrogens with zero attached hydrogens (tertiary/aromatic N) is 1. The molecule has 0 aliphatic carbocycles. The van der Waals surface area contributed by atoms with E-state index in [9.17, 15) is 0 Å². The first-order valence-corrected chi connectivity index (χ1v) is 6.57. The second-order valence-corrected chi connectivity index (χ2v) is 4.62. The molecule has 0 unspecified atom stereocenters. The number of hydrogen-bond acceptors (Lipinski definition) is 1. The van der Waals surface area contributed by atoms with Crippen molar-refractivity contribution in [3.8, 4) is 0 Å². The standard InChI is InChI=1S/C14H29N/c1-4-5-6-7-8-9-10-11-12-13-14-15(2)3/h7-8H,4-6,9-14H2,1-3H3. The second kappa shape index (κ2) is 11.8. The highest BCUT2D eigenvalue weighted by molar-refractivity contribution is 4.81. The molecule has 0 aromatic heterocycles. The van der Waals surface area contributed by atoms with Crippen molar-refractivity contribution < 1.29 is 0 Å². The minimum atomic E-state index is 1.24. The fraction of sp³-hybridized carbons (Fsp3) is 0.857. The zero-order valence-electron chi connectivity index (χ0n) is 11.0. The smallest absolute Gasteiger partial charge is 0.00248 e. The Labute approximate surface area is 96.6 Å². The summed E-state index contributed by atoms with van der Waals surface area (Å²) >= 11 is 0. The molecule has 0 fully saturated rings. The molecular weight excluding hydrogens is 182 g/mol. The van der Waals surface area contributed by atoms with Crippen LogP contribution in [0.2, 0.25) is 0 Å². The molecule has 0 aliphatic heterocycles. The number of allylic oxidation sites excluding steroid dienone is 2. The van der Waals surface area contributed by atoms with E-state index in [1.807, 2.05) is 0 Å². The molecule has 0 atom stereocenters. The lowest BCUT2D eigenvalue weighted by molar-refractivity contribution is 0.390. The van der Waals surface area contributed by atoms with Gasteiger partial charge in [-0.05, 0) is 46.3 Å². The molecule has 0 spiro atoms. The highest BCUT2D eigenvalue weighted by Crippen LogP contribution is 2.05. The van der Waals surface area contributed by atoms with Crippen LogP contribution in [0.3, 0.4) is 0 Å². The Hall–Kier alpha value is -0.300. The normalized spacial score (nSPS) is 11.7. The zero-order chi connectivity index (χ0) is 11.4. The molecule has 0 N–H and O–H groups in total. The molecule has 1 heteroatoms. The fourth-order valence-electron chi connectivity index (χ4n) is 1.60. The van der Waals surface area contributed by atoms with E-state index >= 15 is 0 Å². The molecule has 0 saturated heterocycles. The summed E-state index contributed by atoms with van der Waals surface area (Å²) in [6.45, 7) is 3.49. The maximum absolute atomic E-state index is 2.36. The van der Waals surface area contributed by atoms with E-state index in [1.54, 1.807) is 0 Å². The van der Waals surface area contributed by atoms with E-state index in [0.717, 1.165) is 0 Å². The van der Waals surface area contributed by atoms with Crippen molar-refractivity contribution in [3.63, 3.8) is 0 Å². The first-order chi connectivity index (χ1) is 7.27. The highest BCUT2D eigenvalue weighted by atomic mass is 15.0. The van der Waals surface area contributed by atoms with Crippen molar-refractivity contribution in [1.29, 1.82) is 0 Å². The van der Waals surface area contributed by atoms with Gasteiger partial charge in [-0.25, -0.2) is 0 Å². The van der Waals surface area contributed by atoms with Gasteiger partial charge in [-0.2, -0.15) is 0 Å². The summed E-state index contributed by atoms with van der Waals surface area (Å²) in [5.74, 6) is 0. The van der Waals surface area contributed by atoms with Gasteiger partial charge in [0.15, 0.2) is 0 Å². The Morgan fingerprint density at radius 2 is 1.40 bits per heavy atom. The van der Waals surface area contributed by atoms with Gasteiger partial charge in [-0.15, -0.1) is 0 Å². The third-order valence-electron chi connectivity index (χ3n) is 2.62. The summed E-state index contributed by atoms with van der Waals surface area (Å²) in [7, 11) is 4.30. The van der Waals surface area contributed by atoms with E-state index in [0.29, 0.717) is 0 Å². The Kier molecular flexibility index (Phi) is 11.5. The quantitative estimate of drug-likeness (QED) is 0.386. The maximum Gasteiger partial charge on any atom is -0.00248 e. The SMILES string of the molecule is CCCCC=CCCCCCCN(C)C. The van der Waals surface area contributed by atoms with Crippen molar-refractivity contribution in [2.24, 2.45) is 0 Å². The van der Waals surface area contributed by atoms with Gasteiger partial charge in [0.05, 0.1) is 0 Å². The molecule has 1 nitrogen and oxygen atoms in total. The molecule has 90 valence electrons. The third-order valence-corrected chi connectivity index (χ3v) is 2.62. The summed E-state index contributed by atoms with van der Waals surface area (Å²) < 4.78 is 0. The summed E-state index contributed by atoms with van der Waals surface area (Å²) in [6.07, 6.45) is 15.4. The molecule has 0 aromatic rings.